The molecular formula is C17H18N4O4. The number of amides is 2. The quantitative estimate of drug-likeness (QED) is 0.857. The van der Waals surface area contributed by atoms with Crippen molar-refractivity contribution in [3.8, 4) is 5.75 Å². The summed E-state index contributed by atoms with van der Waals surface area (Å²) in [4.78, 5) is 29.6. The van der Waals surface area contributed by atoms with E-state index in [1.165, 1.54) is 0 Å². The van der Waals surface area contributed by atoms with Crippen molar-refractivity contribution in [3.63, 3.8) is 0 Å². The average Bonchev–Trinajstić information content (AvgIpc) is 3.15. The van der Waals surface area contributed by atoms with Gasteiger partial charge in [0.25, 0.3) is 5.91 Å². The molecule has 8 heteroatoms. The lowest BCUT2D eigenvalue weighted by atomic mass is 10.1. The number of fused-ring (bicyclic) bond motifs is 2. The minimum atomic E-state index is -2.32. The van der Waals surface area contributed by atoms with Gasteiger partial charge in [0, 0.05) is 22.2 Å². The van der Waals surface area contributed by atoms with Gasteiger partial charge in [-0.25, -0.2) is 9.78 Å². The van der Waals surface area contributed by atoms with Gasteiger partial charge in [-0.05, 0) is 30.4 Å². The lowest BCUT2D eigenvalue weighted by Gasteiger charge is -2.20. The average molecular weight is 345 g/mol. The largest absolute Gasteiger partial charge is 0.493 e. The minimum absolute atomic E-state index is 0.0920. The van der Waals surface area contributed by atoms with Crippen LogP contribution in [-0.4, -0.2) is 48.8 Å². The van der Waals surface area contributed by atoms with Crippen molar-refractivity contribution in [1.82, 2.24) is 10.3 Å². The number of pyridine rings is 1. The highest BCUT2D eigenvalue weighted by Crippen LogP contribution is 2.33. The molecule has 8 nitrogen and oxygen atoms in total. The van der Waals surface area contributed by atoms with Crippen molar-refractivity contribution in [2.45, 2.75) is 19.0 Å². The van der Waals surface area contributed by atoms with E-state index in [9.17, 15) is 9.59 Å². The summed E-state index contributed by atoms with van der Waals surface area (Å²) < 4.78 is 32.6. The van der Waals surface area contributed by atoms with Crippen molar-refractivity contribution in [2.24, 2.45) is 5.73 Å². The Hall–Kier alpha value is -3.03. The number of alkyl carbamates (subject to hydrolysis) is 1. The van der Waals surface area contributed by atoms with E-state index in [4.69, 9.17) is 19.3 Å². The van der Waals surface area contributed by atoms with Gasteiger partial charge < -0.3 is 25.4 Å². The van der Waals surface area contributed by atoms with Crippen LogP contribution >= 0.6 is 0 Å². The van der Waals surface area contributed by atoms with Gasteiger partial charge in [-0.2, -0.15) is 0 Å². The third-order valence-electron chi connectivity index (χ3n) is 4.46. The van der Waals surface area contributed by atoms with Gasteiger partial charge in [-0.3, -0.25) is 4.79 Å². The zero-order valence-electron chi connectivity index (χ0n) is 16.2. The second kappa shape index (κ2) is 5.80. The number of hydrogen-bond acceptors (Lipinski definition) is 6. The molecule has 2 aromatic rings. The molecule has 0 saturated carbocycles. The minimum Gasteiger partial charge on any atom is -0.493 e. The van der Waals surface area contributed by atoms with E-state index in [2.05, 4.69) is 10.3 Å². The zero-order chi connectivity index (χ0) is 20.1. The molecule has 3 N–H and O–H groups in total. The summed E-state index contributed by atoms with van der Waals surface area (Å²) >= 11 is 0. The van der Waals surface area contributed by atoms with E-state index in [1.807, 2.05) is 4.90 Å². The van der Waals surface area contributed by atoms with Gasteiger partial charge >= 0.3 is 6.09 Å². The number of anilines is 1. The molecule has 2 atom stereocenters. The van der Waals surface area contributed by atoms with Gasteiger partial charge in [-0.1, -0.05) is 0 Å². The molecule has 3 heterocycles. The standard InChI is InChI=1S/C17H18N4O4/c1-2-24-13-6-10-9(5-11(13)15(18)22)3-4-19-16(10)21-7-12-14(8-21)25-17(23)20-12/h3-6,12,14H,2,7-8H2,1H3,(H2,18,22)(H,20,23)/t12-,14+/m1/s1/i1D3. The molecule has 2 amide bonds. The predicted molar refractivity (Wildman–Crippen MR) is 90.8 cm³/mol. The number of rotatable bonds is 4. The van der Waals surface area contributed by atoms with Crippen LogP contribution < -0.4 is 20.7 Å². The Morgan fingerprint density at radius 2 is 2.44 bits per heavy atom. The highest BCUT2D eigenvalue weighted by molar-refractivity contribution is 6.03. The van der Waals surface area contributed by atoms with Crippen molar-refractivity contribution in [2.75, 3.05) is 24.6 Å². The van der Waals surface area contributed by atoms with Crippen LogP contribution in [0, 0.1) is 0 Å². The smallest absolute Gasteiger partial charge is 0.407 e. The summed E-state index contributed by atoms with van der Waals surface area (Å²) in [7, 11) is 0. The van der Waals surface area contributed by atoms with Gasteiger partial charge in [0.2, 0.25) is 0 Å². The van der Waals surface area contributed by atoms with Gasteiger partial charge in [0.15, 0.2) is 0 Å². The Morgan fingerprint density at radius 3 is 3.20 bits per heavy atom. The summed E-state index contributed by atoms with van der Waals surface area (Å²) in [5, 5.41) is 4.15. The summed E-state index contributed by atoms with van der Waals surface area (Å²) in [5.41, 5.74) is 5.54. The van der Waals surface area contributed by atoms with Crippen LogP contribution in [0.15, 0.2) is 24.4 Å². The highest BCUT2D eigenvalue weighted by atomic mass is 16.6. The normalized spacial score (nSPS) is 24.1. The lowest BCUT2D eigenvalue weighted by molar-refractivity contribution is 0.0996. The topological polar surface area (TPSA) is 107 Å². The SMILES string of the molecule is [2H]C([2H])([2H])COc1cc2c(N3C[C@@H]4OC(=O)N[C@@H]4C3)nccc2cc1C(N)=O. The fourth-order valence-corrected chi connectivity index (χ4v) is 3.36. The molecule has 2 aliphatic heterocycles. The van der Waals surface area contributed by atoms with Gasteiger partial charge in [-0.15, -0.1) is 0 Å². The molecule has 0 unspecified atom stereocenters. The molecule has 2 fully saturated rings. The van der Waals surface area contributed by atoms with E-state index in [1.54, 1.807) is 24.4 Å². The van der Waals surface area contributed by atoms with Crippen LogP contribution in [0.1, 0.15) is 21.3 Å². The van der Waals surface area contributed by atoms with Crippen molar-refractivity contribution >= 4 is 28.6 Å². The van der Waals surface area contributed by atoms with Crippen LogP contribution in [0.5, 0.6) is 5.75 Å². The molecule has 0 aliphatic carbocycles. The van der Waals surface area contributed by atoms with Crippen LogP contribution in [0.2, 0.25) is 0 Å². The maximum atomic E-state index is 11.8. The first-order valence-electron chi connectivity index (χ1n) is 9.29. The highest BCUT2D eigenvalue weighted by Gasteiger charge is 2.42. The summed E-state index contributed by atoms with van der Waals surface area (Å²) in [6.07, 6.45) is 0.923. The van der Waals surface area contributed by atoms with Crippen LogP contribution in [0.3, 0.4) is 0 Å². The fraction of sp³-hybridized carbons (Fsp3) is 0.353. The Balaban J connectivity index is 1.72. The number of nitrogens with zero attached hydrogens (tertiary/aromatic N) is 2. The second-order valence-electron chi connectivity index (χ2n) is 5.96. The van der Waals surface area contributed by atoms with Crippen molar-refractivity contribution < 1.29 is 23.2 Å². The molecule has 2 saturated heterocycles. The summed E-state index contributed by atoms with van der Waals surface area (Å²) in [5.74, 6) is 0.00134. The first-order chi connectivity index (χ1) is 13.2. The molecular weight excluding hydrogens is 324 g/mol. The second-order valence-corrected chi connectivity index (χ2v) is 5.96. The Morgan fingerprint density at radius 1 is 1.56 bits per heavy atom. The maximum Gasteiger partial charge on any atom is 0.407 e. The van der Waals surface area contributed by atoms with Crippen LogP contribution in [0.4, 0.5) is 10.6 Å². The summed E-state index contributed by atoms with van der Waals surface area (Å²) in [6.45, 7) is -1.88. The number of carbonyl (C=O) groups excluding carboxylic acids is 2. The Bertz CT molecular complexity index is 949. The Labute approximate surface area is 148 Å². The van der Waals surface area contributed by atoms with Gasteiger partial charge in [0.1, 0.15) is 17.7 Å². The van der Waals surface area contributed by atoms with Crippen molar-refractivity contribution in [1.29, 1.82) is 0 Å². The monoisotopic (exact) mass is 345 g/mol. The van der Waals surface area contributed by atoms with E-state index in [0.717, 1.165) is 0 Å². The molecule has 4 rings (SSSR count). The number of benzene rings is 1. The Kier molecular flexibility index (Phi) is 2.87. The van der Waals surface area contributed by atoms with Crippen molar-refractivity contribution in [3.05, 3.63) is 30.0 Å². The molecule has 2 aliphatic rings. The van der Waals surface area contributed by atoms with Crippen LogP contribution in [-0.2, 0) is 4.74 Å². The lowest BCUT2D eigenvalue weighted by Crippen LogP contribution is -2.32. The number of carbonyl (C=O) groups is 2. The van der Waals surface area contributed by atoms with Crippen LogP contribution in [0.25, 0.3) is 10.8 Å². The first kappa shape index (κ1) is 12.3. The molecule has 1 aromatic carbocycles. The van der Waals surface area contributed by atoms with E-state index < -0.39 is 25.5 Å². The molecule has 0 bridgehead atoms. The van der Waals surface area contributed by atoms with E-state index in [0.29, 0.717) is 29.7 Å². The number of nitrogens with one attached hydrogen (secondary N) is 1. The number of aromatic nitrogens is 1. The number of nitrogens with two attached hydrogens (primary N) is 1. The maximum absolute atomic E-state index is 11.8. The summed E-state index contributed by atoms with van der Waals surface area (Å²) in [6, 6.07) is 4.75. The van der Waals surface area contributed by atoms with E-state index >= 15 is 0 Å². The molecule has 130 valence electrons. The zero-order valence-corrected chi connectivity index (χ0v) is 13.2. The number of primary amides is 1. The third-order valence-corrected chi connectivity index (χ3v) is 4.46. The van der Waals surface area contributed by atoms with Gasteiger partial charge in [0.05, 0.1) is 24.8 Å². The van der Waals surface area contributed by atoms with E-state index in [-0.39, 0.29) is 23.5 Å². The fourth-order valence-electron chi connectivity index (χ4n) is 3.36. The first-order valence-corrected chi connectivity index (χ1v) is 7.79. The third kappa shape index (κ3) is 2.59. The molecule has 1 aromatic heterocycles. The number of hydrogen-bond donors (Lipinski definition) is 2. The predicted octanol–water partition coefficient (Wildman–Crippen LogP) is 1.03. The number of ether oxygens (including phenoxy) is 2. The molecule has 0 radical (unpaired) electrons. The molecule has 0 spiro atoms. The molecule has 25 heavy (non-hydrogen) atoms.